The molecular weight excluding hydrogens is 460 g/mol. The zero-order valence-corrected chi connectivity index (χ0v) is 19.9. The monoisotopic (exact) mass is 482 g/mol. The van der Waals surface area contributed by atoms with Crippen molar-refractivity contribution < 1.29 is 14.1 Å². The van der Waals surface area contributed by atoms with Crippen molar-refractivity contribution in [1.29, 1.82) is 0 Å². The van der Waals surface area contributed by atoms with Crippen LogP contribution in [0.5, 0.6) is 0 Å². The zero-order valence-electron chi connectivity index (χ0n) is 19.0. The molecule has 0 bridgehead atoms. The Morgan fingerprint density at radius 3 is 2.63 bits per heavy atom. The second kappa shape index (κ2) is 8.70. The smallest absolute Gasteiger partial charge is 0.259 e. The van der Waals surface area contributed by atoms with Crippen LogP contribution in [0.4, 0.5) is 11.4 Å². The Labute approximate surface area is 206 Å². The highest BCUT2D eigenvalue weighted by Crippen LogP contribution is 2.43. The van der Waals surface area contributed by atoms with Crippen LogP contribution in [-0.4, -0.2) is 35.0 Å². The van der Waals surface area contributed by atoms with Gasteiger partial charge in [-0.25, -0.2) is 0 Å². The van der Waals surface area contributed by atoms with Crippen LogP contribution in [0.1, 0.15) is 35.5 Å². The molecule has 3 aromatic carbocycles. The lowest BCUT2D eigenvalue weighted by Crippen LogP contribution is -2.30. The lowest BCUT2D eigenvalue weighted by molar-refractivity contribution is -0.117. The topological polar surface area (TPSA) is 79.5 Å². The van der Waals surface area contributed by atoms with Crippen LogP contribution in [0.3, 0.4) is 0 Å². The summed E-state index contributed by atoms with van der Waals surface area (Å²) in [5, 5.41) is 4.22. The third-order valence-corrected chi connectivity index (χ3v) is 7.51. The molecule has 2 aliphatic heterocycles. The number of carbonyl (C=O) groups excluding carboxylic acids is 2. The fourth-order valence-electron chi connectivity index (χ4n) is 4.63. The van der Waals surface area contributed by atoms with Crippen molar-refractivity contribution in [3.63, 3.8) is 0 Å². The highest BCUT2D eigenvalue weighted by atomic mass is 32.2. The summed E-state index contributed by atoms with van der Waals surface area (Å²) in [6.45, 7) is 3.05. The van der Waals surface area contributed by atoms with Crippen molar-refractivity contribution in [2.45, 2.75) is 29.1 Å². The molecule has 0 aliphatic carbocycles. The summed E-state index contributed by atoms with van der Waals surface area (Å²) in [7, 11) is 0. The van der Waals surface area contributed by atoms with E-state index < -0.39 is 0 Å². The van der Waals surface area contributed by atoms with Gasteiger partial charge in [0.25, 0.3) is 5.91 Å². The summed E-state index contributed by atoms with van der Waals surface area (Å²) in [5.41, 5.74) is 3.25. The first kappa shape index (κ1) is 21.6. The molecule has 0 saturated carbocycles. The quantitative estimate of drug-likeness (QED) is 0.388. The van der Waals surface area contributed by atoms with Crippen molar-refractivity contribution in [2.75, 3.05) is 22.9 Å². The summed E-state index contributed by atoms with van der Waals surface area (Å²) in [4.78, 5) is 35.8. The van der Waals surface area contributed by atoms with Gasteiger partial charge in [-0.1, -0.05) is 47.3 Å². The molecule has 8 heteroatoms. The van der Waals surface area contributed by atoms with Gasteiger partial charge in [0, 0.05) is 40.6 Å². The van der Waals surface area contributed by atoms with E-state index in [4.69, 9.17) is 4.52 Å². The van der Waals surface area contributed by atoms with Crippen molar-refractivity contribution in [3.05, 3.63) is 84.3 Å². The second-order valence-corrected chi connectivity index (χ2v) is 9.61. The van der Waals surface area contributed by atoms with Gasteiger partial charge in [-0.3, -0.25) is 9.59 Å². The molecule has 2 amide bonds. The summed E-state index contributed by atoms with van der Waals surface area (Å²) >= 11 is 1.57. The van der Waals surface area contributed by atoms with E-state index in [0.717, 1.165) is 26.7 Å². The molecule has 0 N–H and O–H groups in total. The fourth-order valence-corrected chi connectivity index (χ4v) is 5.74. The minimum Gasteiger partial charge on any atom is -0.339 e. The number of rotatable bonds is 4. The van der Waals surface area contributed by atoms with Gasteiger partial charge in [-0.05, 0) is 49.4 Å². The first-order valence-corrected chi connectivity index (χ1v) is 12.4. The SMILES string of the molecule is CCN1C(=O)c2ccccc2Sc2cc(-c3noc(C4CC(=O)N(c5ccccc5)C4)n3)ccc21. The molecule has 1 unspecified atom stereocenters. The van der Waals surface area contributed by atoms with E-state index in [1.165, 1.54) is 0 Å². The van der Waals surface area contributed by atoms with E-state index in [2.05, 4.69) is 10.1 Å². The molecule has 0 spiro atoms. The van der Waals surface area contributed by atoms with E-state index in [-0.39, 0.29) is 17.7 Å². The van der Waals surface area contributed by atoms with Gasteiger partial charge in [-0.15, -0.1) is 0 Å². The lowest BCUT2D eigenvalue weighted by Gasteiger charge is -2.21. The average molecular weight is 483 g/mol. The Morgan fingerprint density at radius 1 is 1.00 bits per heavy atom. The van der Waals surface area contributed by atoms with Gasteiger partial charge >= 0.3 is 0 Å². The average Bonchev–Trinajstić information content (AvgIpc) is 3.50. The Balaban J connectivity index is 1.30. The number of fused-ring (bicyclic) bond motifs is 2. The van der Waals surface area contributed by atoms with Crippen molar-refractivity contribution in [3.8, 4) is 11.4 Å². The van der Waals surface area contributed by atoms with E-state index >= 15 is 0 Å². The number of carbonyl (C=O) groups is 2. The minimum absolute atomic E-state index is 0.00202. The van der Waals surface area contributed by atoms with E-state index in [0.29, 0.717) is 36.8 Å². The van der Waals surface area contributed by atoms with Crippen LogP contribution in [0.2, 0.25) is 0 Å². The predicted octanol–water partition coefficient (Wildman–Crippen LogP) is 5.39. The molecule has 174 valence electrons. The van der Waals surface area contributed by atoms with Crippen LogP contribution in [0.15, 0.2) is 87.1 Å². The molecule has 1 aromatic heterocycles. The number of hydrogen-bond acceptors (Lipinski definition) is 6. The van der Waals surface area contributed by atoms with Gasteiger partial charge in [0.2, 0.25) is 17.6 Å². The molecule has 1 saturated heterocycles. The molecule has 7 nitrogen and oxygen atoms in total. The van der Waals surface area contributed by atoms with Crippen LogP contribution < -0.4 is 9.80 Å². The first-order chi connectivity index (χ1) is 17.1. The molecule has 3 heterocycles. The normalized spacial score (nSPS) is 17.3. The molecule has 6 rings (SSSR count). The van der Waals surface area contributed by atoms with Crippen molar-refractivity contribution in [2.24, 2.45) is 0 Å². The van der Waals surface area contributed by atoms with E-state index in [9.17, 15) is 9.59 Å². The maximum absolute atomic E-state index is 13.1. The molecule has 2 aliphatic rings. The third kappa shape index (κ3) is 3.80. The molecule has 35 heavy (non-hydrogen) atoms. The lowest BCUT2D eigenvalue weighted by atomic mass is 10.1. The van der Waals surface area contributed by atoms with Gasteiger partial charge < -0.3 is 14.3 Å². The highest BCUT2D eigenvalue weighted by molar-refractivity contribution is 7.99. The maximum atomic E-state index is 13.1. The Morgan fingerprint density at radius 2 is 1.80 bits per heavy atom. The van der Waals surface area contributed by atoms with Gasteiger partial charge in [0.15, 0.2) is 0 Å². The van der Waals surface area contributed by atoms with E-state index in [1.807, 2.05) is 79.7 Å². The molecule has 4 aromatic rings. The highest BCUT2D eigenvalue weighted by Gasteiger charge is 2.35. The minimum atomic E-state index is -0.153. The Bertz CT molecular complexity index is 1440. The van der Waals surface area contributed by atoms with Crippen LogP contribution in [0.25, 0.3) is 11.4 Å². The summed E-state index contributed by atoms with van der Waals surface area (Å²) in [5.74, 6) is 0.827. The second-order valence-electron chi connectivity index (χ2n) is 8.53. The Hall–Kier alpha value is -3.91. The van der Waals surface area contributed by atoms with Crippen molar-refractivity contribution in [1.82, 2.24) is 10.1 Å². The first-order valence-electron chi connectivity index (χ1n) is 11.5. The number of benzene rings is 3. The van der Waals surface area contributed by atoms with Gasteiger partial charge in [-0.2, -0.15) is 4.98 Å². The standard InChI is InChI=1S/C27H22N4O3S/c1-2-30-21-13-12-17(14-23(21)35-22-11-7-6-10-20(22)27(30)33)25-28-26(34-29-25)18-15-24(32)31(16-18)19-8-4-3-5-9-19/h3-14,18H,2,15-16H2,1H3. The summed E-state index contributed by atoms with van der Waals surface area (Å²) in [6.07, 6.45) is 0.334. The fraction of sp³-hybridized carbons (Fsp3) is 0.185. The molecular formula is C27H22N4O3S. The summed E-state index contributed by atoms with van der Waals surface area (Å²) < 4.78 is 5.61. The van der Waals surface area contributed by atoms with Gasteiger partial charge in [0.05, 0.1) is 17.2 Å². The van der Waals surface area contributed by atoms with Crippen molar-refractivity contribution >= 4 is 35.0 Å². The van der Waals surface area contributed by atoms with Gasteiger partial charge in [0.1, 0.15) is 0 Å². The number of para-hydroxylation sites is 1. The molecule has 0 radical (unpaired) electrons. The summed E-state index contributed by atoms with van der Waals surface area (Å²) in [6, 6.07) is 23.1. The van der Waals surface area contributed by atoms with Crippen LogP contribution in [-0.2, 0) is 4.79 Å². The number of amides is 2. The predicted molar refractivity (Wildman–Crippen MR) is 134 cm³/mol. The molecule has 1 atom stereocenters. The van der Waals surface area contributed by atoms with Crippen LogP contribution >= 0.6 is 11.8 Å². The van der Waals surface area contributed by atoms with Crippen LogP contribution in [0, 0.1) is 0 Å². The number of nitrogens with zero attached hydrogens (tertiary/aromatic N) is 4. The molecule has 1 fully saturated rings. The number of aromatic nitrogens is 2. The zero-order chi connectivity index (χ0) is 23.9. The number of hydrogen-bond donors (Lipinski definition) is 0. The maximum Gasteiger partial charge on any atom is 0.259 e. The largest absolute Gasteiger partial charge is 0.339 e. The Kier molecular flexibility index (Phi) is 5.37. The van der Waals surface area contributed by atoms with E-state index in [1.54, 1.807) is 21.6 Å². The number of anilines is 2. The third-order valence-electron chi connectivity index (χ3n) is 6.39.